The SMILES string of the molecule is O=C(Cc1ccsc1)NNC(=O)CC(O)c1ccc(Cl)cc1. The van der Waals surface area contributed by atoms with Crippen LogP contribution < -0.4 is 10.9 Å². The van der Waals surface area contributed by atoms with E-state index < -0.39 is 12.0 Å². The van der Waals surface area contributed by atoms with Crippen molar-refractivity contribution in [2.75, 3.05) is 0 Å². The van der Waals surface area contributed by atoms with Gasteiger partial charge >= 0.3 is 0 Å². The Bertz CT molecular complexity index is 629. The highest BCUT2D eigenvalue weighted by molar-refractivity contribution is 7.08. The van der Waals surface area contributed by atoms with Crippen molar-refractivity contribution < 1.29 is 14.7 Å². The fraction of sp³-hybridized carbons (Fsp3) is 0.200. The average molecular weight is 339 g/mol. The smallest absolute Gasteiger partial charge is 0.242 e. The lowest BCUT2D eigenvalue weighted by Crippen LogP contribution is -2.42. The molecule has 1 unspecified atom stereocenters. The lowest BCUT2D eigenvalue weighted by Gasteiger charge is -2.12. The number of benzene rings is 1. The summed E-state index contributed by atoms with van der Waals surface area (Å²) in [6.07, 6.45) is -0.907. The maximum Gasteiger partial charge on any atom is 0.242 e. The number of carbonyl (C=O) groups is 2. The molecule has 0 spiro atoms. The van der Waals surface area contributed by atoms with Gasteiger partial charge in [0, 0.05) is 5.02 Å². The normalized spacial score (nSPS) is 11.7. The van der Waals surface area contributed by atoms with Gasteiger partial charge in [0.2, 0.25) is 11.8 Å². The van der Waals surface area contributed by atoms with E-state index >= 15 is 0 Å². The molecule has 7 heteroatoms. The number of aliphatic hydroxyl groups excluding tert-OH is 1. The van der Waals surface area contributed by atoms with Crippen molar-refractivity contribution in [3.05, 3.63) is 57.2 Å². The molecule has 0 aliphatic carbocycles. The first-order valence-corrected chi connectivity index (χ1v) is 7.89. The lowest BCUT2D eigenvalue weighted by atomic mass is 10.1. The average Bonchev–Trinajstić information content (AvgIpc) is 2.98. The second-order valence-electron chi connectivity index (χ2n) is 4.68. The van der Waals surface area contributed by atoms with Crippen LogP contribution >= 0.6 is 22.9 Å². The molecule has 3 N–H and O–H groups in total. The van der Waals surface area contributed by atoms with E-state index in [1.165, 1.54) is 11.3 Å². The highest BCUT2D eigenvalue weighted by atomic mass is 35.5. The van der Waals surface area contributed by atoms with Crippen LogP contribution in [0.5, 0.6) is 0 Å². The number of hydrazine groups is 1. The zero-order valence-electron chi connectivity index (χ0n) is 11.6. The van der Waals surface area contributed by atoms with Crippen LogP contribution in [-0.4, -0.2) is 16.9 Å². The van der Waals surface area contributed by atoms with Crippen LogP contribution in [0.4, 0.5) is 0 Å². The fourth-order valence-corrected chi connectivity index (χ4v) is 2.59. The summed E-state index contributed by atoms with van der Waals surface area (Å²) in [4.78, 5) is 23.3. The summed E-state index contributed by atoms with van der Waals surface area (Å²) in [6, 6.07) is 8.42. The van der Waals surface area contributed by atoms with Crippen molar-refractivity contribution in [2.24, 2.45) is 0 Å². The molecule has 0 aliphatic rings. The third kappa shape index (κ3) is 5.14. The Labute approximate surface area is 136 Å². The molecule has 1 aromatic carbocycles. The topological polar surface area (TPSA) is 78.4 Å². The second kappa shape index (κ2) is 7.93. The molecule has 2 rings (SSSR count). The number of nitrogens with one attached hydrogen (secondary N) is 2. The minimum absolute atomic E-state index is 0.152. The third-order valence-corrected chi connectivity index (χ3v) is 3.90. The van der Waals surface area contributed by atoms with E-state index in [1.807, 2.05) is 16.8 Å². The number of thiophene rings is 1. The largest absolute Gasteiger partial charge is 0.388 e. The standard InChI is InChI=1S/C15H15ClN2O3S/c16-12-3-1-11(2-4-12)13(19)8-15(21)18-17-14(20)7-10-5-6-22-9-10/h1-6,9,13,19H,7-8H2,(H,17,20)(H,18,21). The van der Waals surface area contributed by atoms with Crippen LogP contribution in [-0.2, 0) is 16.0 Å². The van der Waals surface area contributed by atoms with Crippen molar-refractivity contribution in [1.82, 2.24) is 10.9 Å². The van der Waals surface area contributed by atoms with Crippen LogP contribution in [0.15, 0.2) is 41.1 Å². The predicted octanol–water partition coefficient (Wildman–Crippen LogP) is 2.22. The minimum atomic E-state index is -0.953. The van der Waals surface area contributed by atoms with E-state index in [0.29, 0.717) is 10.6 Å². The number of halogens is 1. The zero-order chi connectivity index (χ0) is 15.9. The summed E-state index contributed by atoms with van der Waals surface area (Å²) >= 11 is 7.26. The van der Waals surface area contributed by atoms with Crippen LogP contribution in [0, 0.1) is 0 Å². The van der Waals surface area contributed by atoms with E-state index in [4.69, 9.17) is 11.6 Å². The Kier molecular flexibility index (Phi) is 5.94. The van der Waals surface area contributed by atoms with E-state index in [-0.39, 0.29) is 18.7 Å². The van der Waals surface area contributed by atoms with Gasteiger partial charge in [0.15, 0.2) is 0 Å². The molecular weight excluding hydrogens is 324 g/mol. The molecule has 0 radical (unpaired) electrons. The summed E-state index contributed by atoms with van der Waals surface area (Å²) < 4.78 is 0. The molecule has 1 atom stereocenters. The first-order chi connectivity index (χ1) is 10.5. The van der Waals surface area contributed by atoms with Gasteiger partial charge < -0.3 is 5.11 Å². The Morgan fingerprint density at radius 2 is 1.82 bits per heavy atom. The van der Waals surface area contributed by atoms with Crippen molar-refractivity contribution in [1.29, 1.82) is 0 Å². The number of carbonyl (C=O) groups excluding carboxylic acids is 2. The van der Waals surface area contributed by atoms with E-state index in [1.54, 1.807) is 24.3 Å². The van der Waals surface area contributed by atoms with Gasteiger partial charge in [0.05, 0.1) is 18.9 Å². The summed E-state index contributed by atoms with van der Waals surface area (Å²) in [5.74, 6) is -0.783. The number of aliphatic hydroxyl groups is 1. The molecule has 2 amide bonds. The zero-order valence-corrected chi connectivity index (χ0v) is 13.2. The molecule has 0 saturated carbocycles. The molecule has 0 saturated heterocycles. The van der Waals surface area contributed by atoms with Gasteiger partial charge in [0.1, 0.15) is 0 Å². The second-order valence-corrected chi connectivity index (χ2v) is 5.89. The van der Waals surface area contributed by atoms with Gasteiger partial charge in [-0.2, -0.15) is 11.3 Å². The molecular formula is C15H15ClN2O3S. The molecule has 5 nitrogen and oxygen atoms in total. The number of hydrogen-bond donors (Lipinski definition) is 3. The highest BCUT2D eigenvalue weighted by Gasteiger charge is 2.13. The third-order valence-electron chi connectivity index (χ3n) is 2.92. The van der Waals surface area contributed by atoms with E-state index in [9.17, 15) is 14.7 Å². The molecule has 0 fully saturated rings. The Morgan fingerprint density at radius 1 is 1.14 bits per heavy atom. The van der Waals surface area contributed by atoms with Gasteiger partial charge in [-0.1, -0.05) is 23.7 Å². The molecule has 0 bridgehead atoms. The molecule has 2 aromatic rings. The number of rotatable bonds is 5. The van der Waals surface area contributed by atoms with Crippen LogP contribution in [0.2, 0.25) is 5.02 Å². The fourth-order valence-electron chi connectivity index (χ4n) is 1.79. The first-order valence-electron chi connectivity index (χ1n) is 6.57. The quantitative estimate of drug-likeness (QED) is 0.731. The van der Waals surface area contributed by atoms with Crippen molar-refractivity contribution in [2.45, 2.75) is 18.9 Å². The first kappa shape index (κ1) is 16.5. The summed E-state index contributed by atoms with van der Waals surface area (Å²) in [6.45, 7) is 0. The molecule has 0 aliphatic heterocycles. The van der Waals surface area contributed by atoms with Crippen LogP contribution in [0.3, 0.4) is 0 Å². The maximum absolute atomic E-state index is 11.7. The van der Waals surface area contributed by atoms with Gasteiger partial charge in [-0.25, -0.2) is 0 Å². The van der Waals surface area contributed by atoms with Gasteiger partial charge in [-0.15, -0.1) is 0 Å². The Hall–Kier alpha value is -1.89. The van der Waals surface area contributed by atoms with Crippen LogP contribution in [0.1, 0.15) is 23.7 Å². The highest BCUT2D eigenvalue weighted by Crippen LogP contribution is 2.18. The summed E-state index contributed by atoms with van der Waals surface area (Å²) in [5.41, 5.74) is 6.08. The van der Waals surface area contributed by atoms with E-state index in [2.05, 4.69) is 10.9 Å². The monoisotopic (exact) mass is 338 g/mol. The Balaban J connectivity index is 1.75. The summed E-state index contributed by atoms with van der Waals surface area (Å²) in [7, 11) is 0. The Morgan fingerprint density at radius 3 is 2.45 bits per heavy atom. The van der Waals surface area contributed by atoms with Crippen molar-refractivity contribution >= 4 is 34.8 Å². The van der Waals surface area contributed by atoms with Gasteiger partial charge in [-0.05, 0) is 40.1 Å². The lowest BCUT2D eigenvalue weighted by molar-refractivity contribution is -0.129. The van der Waals surface area contributed by atoms with E-state index in [0.717, 1.165) is 5.56 Å². The number of hydrogen-bond acceptors (Lipinski definition) is 4. The van der Waals surface area contributed by atoms with Gasteiger partial charge in [0.25, 0.3) is 0 Å². The summed E-state index contributed by atoms with van der Waals surface area (Å²) in [5, 5.41) is 14.2. The van der Waals surface area contributed by atoms with Crippen molar-refractivity contribution in [3.8, 4) is 0 Å². The van der Waals surface area contributed by atoms with Crippen molar-refractivity contribution in [3.63, 3.8) is 0 Å². The number of amides is 2. The molecule has 116 valence electrons. The maximum atomic E-state index is 11.7. The predicted molar refractivity (Wildman–Crippen MR) is 85.3 cm³/mol. The van der Waals surface area contributed by atoms with Crippen LogP contribution in [0.25, 0.3) is 0 Å². The van der Waals surface area contributed by atoms with Gasteiger partial charge in [-0.3, -0.25) is 20.4 Å². The molecule has 1 heterocycles. The minimum Gasteiger partial charge on any atom is -0.388 e. The molecule has 1 aromatic heterocycles. The molecule has 22 heavy (non-hydrogen) atoms.